The molecule has 0 radical (unpaired) electrons. The number of aromatic nitrogens is 1. The van der Waals surface area contributed by atoms with E-state index in [1.807, 2.05) is 0 Å². The quantitative estimate of drug-likeness (QED) is 0.841. The van der Waals surface area contributed by atoms with Crippen molar-refractivity contribution in [3.63, 3.8) is 0 Å². The summed E-state index contributed by atoms with van der Waals surface area (Å²) in [5.41, 5.74) is 0. The smallest absolute Gasteiger partial charge is 0.244 e. The Morgan fingerprint density at radius 3 is 2.62 bits per heavy atom. The van der Waals surface area contributed by atoms with Crippen molar-refractivity contribution >= 4 is 10.0 Å². The third-order valence-electron chi connectivity index (χ3n) is 2.91. The van der Waals surface area contributed by atoms with E-state index >= 15 is 0 Å². The highest BCUT2D eigenvalue weighted by atomic mass is 32.2. The Kier molecular flexibility index (Phi) is 4.50. The first kappa shape index (κ1) is 15.7. The molecule has 21 heavy (non-hydrogen) atoms. The van der Waals surface area contributed by atoms with Gasteiger partial charge in [0.15, 0.2) is 0 Å². The average Bonchev–Trinajstić information content (AvgIpc) is 2.96. The number of hydrogen-bond donors (Lipinski definition) is 2. The number of nitrogens with one attached hydrogen (secondary N) is 2. The van der Waals surface area contributed by atoms with E-state index in [-0.39, 0.29) is 4.90 Å². The number of nitrogens with zero attached hydrogens (tertiary/aromatic N) is 1. The maximum absolute atomic E-state index is 12.4. The zero-order chi connectivity index (χ0) is 15.6. The van der Waals surface area contributed by atoms with Crippen LogP contribution < -0.4 is 10.0 Å². The van der Waals surface area contributed by atoms with Gasteiger partial charge in [-0.2, -0.15) is 4.72 Å². The largest absolute Gasteiger partial charge is 0.464 e. The summed E-state index contributed by atoms with van der Waals surface area (Å²) in [6.07, 6.45) is 1.55. The zero-order valence-corrected chi connectivity index (χ0v) is 13.2. The molecule has 0 fully saturated rings. The van der Waals surface area contributed by atoms with E-state index in [0.29, 0.717) is 29.7 Å². The Morgan fingerprint density at radius 1 is 1.33 bits per heavy atom. The lowest BCUT2D eigenvalue weighted by atomic mass is 10.4. The Balaban J connectivity index is 2.22. The van der Waals surface area contributed by atoms with Crippen molar-refractivity contribution in [1.29, 1.82) is 0 Å². The van der Waals surface area contributed by atoms with Gasteiger partial charge in [-0.1, -0.05) is 0 Å². The first-order valence-electron chi connectivity index (χ1n) is 6.52. The van der Waals surface area contributed by atoms with Gasteiger partial charge in [-0.15, -0.1) is 0 Å². The number of oxazole rings is 1. The molecule has 0 saturated carbocycles. The van der Waals surface area contributed by atoms with E-state index in [1.165, 1.54) is 6.07 Å². The minimum Gasteiger partial charge on any atom is -0.464 e. The third-order valence-corrected chi connectivity index (χ3v) is 4.55. The van der Waals surface area contributed by atoms with Crippen molar-refractivity contribution in [1.82, 2.24) is 15.0 Å². The van der Waals surface area contributed by atoms with Gasteiger partial charge in [-0.05, 0) is 27.8 Å². The van der Waals surface area contributed by atoms with Crippen LogP contribution >= 0.6 is 0 Å². The lowest BCUT2D eigenvalue weighted by Gasteiger charge is -2.10. The molecule has 0 saturated heterocycles. The van der Waals surface area contributed by atoms with Gasteiger partial charge < -0.3 is 14.2 Å². The second-order valence-electron chi connectivity index (χ2n) is 4.82. The number of aryl methyl sites for hydroxylation is 2. The van der Waals surface area contributed by atoms with Crippen LogP contribution in [0.15, 0.2) is 26.0 Å². The minimum atomic E-state index is -3.70. The molecule has 1 unspecified atom stereocenters. The number of hydrogen-bond acceptors (Lipinski definition) is 6. The molecule has 2 heterocycles. The van der Waals surface area contributed by atoms with Gasteiger partial charge in [0.1, 0.15) is 22.2 Å². The second-order valence-corrected chi connectivity index (χ2v) is 6.50. The minimum absolute atomic E-state index is 0.128. The topological polar surface area (TPSA) is 97.4 Å². The molecule has 0 aliphatic carbocycles. The third kappa shape index (κ3) is 3.52. The number of rotatable bonds is 6. The Bertz CT molecular complexity index is 718. The molecule has 2 N–H and O–H groups in total. The van der Waals surface area contributed by atoms with Crippen molar-refractivity contribution in [2.45, 2.75) is 38.3 Å². The van der Waals surface area contributed by atoms with Gasteiger partial charge in [0.2, 0.25) is 15.9 Å². The van der Waals surface area contributed by atoms with Crippen molar-refractivity contribution in [3.8, 4) is 0 Å². The maximum Gasteiger partial charge on any atom is 0.244 e. The SMILES string of the molecule is CNCc1cc(S(=O)(=O)NC(C)c2ncc(C)o2)c(C)o1. The molecule has 0 amide bonds. The molecule has 7 nitrogen and oxygen atoms in total. The summed E-state index contributed by atoms with van der Waals surface area (Å²) in [5, 5.41) is 2.91. The molecule has 116 valence electrons. The fraction of sp³-hybridized carbons (Fsp3) is 0.462. The van der Waals surface area contributed by atoms with Gasteiger partial charge in [0, 0.05) is 6.07 Å². The predicted octanol–water partition coefficient (Wildman–Crippen LogP) is 1.64. The molecule has 2 aromatic rings. The van der Waals surface area contributed by atoms with Crippen LogP contribution in [0.3, 0.4) is 0 Å². The summed E-state index contributed by atoms with van der Waals surface area (Å²) in [6.45, 7) is 5.51. The monoisotopic (exact) mass is 313 g/mol. The maximum atomic E-state index is 12.4. The van der Waals surface area contributed by atoms with Gasteiger partial charge in [-0.25, -0.2) is 13.4 Å². The molecule has 0 aliphatic rings. The standard InChI is InChI=1S/C13H19N3O4S/c1-8-6-15-13(19-8)9(2)16-21(17,18)12-5-11(7-14-4)20-10(12)3/h5-6,9,14,16H,7H2,1-4H3. The van der Waals surface area contributed by atoms with Crippen LogP contribution in [0.2, 0.25) is 0 Å². The predicted molar refractivity (Wildman–Crippen MR) is 76.2 cm³/mol. The average molecular weight is 313 g/mol. The lowest BCUT2D eigenvalue weighted by Crippen LogP contribution is -2.27. The molecular formula is C13H19N3O4S. The van der Waals surface area contributed by atoms with E-state index in [4.69, 9.17) is 8.83 Å². The van der Waals surface area contributed by atoms with Gasteiger partial charge in [0.05, 0.1) is 18.8 Å². The summed E-state index contributed by atoms with van der Waals surface area (Å²) < 4.78 is 38.1. The number of furan rings is 1. The van der Waals surface area contributed by atoms with E-state index in [9.17, 15) is 8.42 Å². The molecule has 0 aliphatic heterocycles. The summed E-state index contributed by atoms with van der Waals surface area (Å²) in [7, 11) is -1.94. The molecule has 2 aromatic heterocycles. The lowest BCUT2D eigenvalue weighted by molar-refractivity contribution is 0.427. The first-order valence-corrected chi connectivity index (χ1v) is 8.00. The Labute approximate surface area is 123 Å². The van der Waals surface area contributed by atoms with Crippen LogP contribution in [-0.2, 0) is 16.6 Å². The van der Waals surface area contributed by atoms with Crippen molar-refractivity contribution in [2.75, 3.05) is 7.05 Å². The highest BCUT2D eigenvalue weighted by molar-refractivity contribution is 7.89. The van der Waals surface area contributed by atoms with Crippen molar-refractivity contribution in [3.05, 3.63) is 35.4 Å². The van der Waals surface area contributed by atoms with Gasteiger partial charge in [0.25, 0.3) is 0 Å². The van der Waals surface area contributed by atoms with E-state index in [0.717, 1.165) is 0 Å². The molecule has 8 heteroatoms. The molecule has 2 rings (SSSR count). The normalized spacial score (nSPS) is 13.5. The van der Waals surface area contributed by atoms with Crippen LogP contribution in [0, 0.1) is 13.8 Å². The molecule has 0 aromatic carbocycles. The summed E-state index contributed by atoms with van der Waals surface area (Å²) in [4.78, 5) is 4.15. The van der Waals surface area contributed by atoms with Crippen LogP contribution in [0.5, 0.6) is 0 Å². The molecule has 0 spiro atoms. The van der Waals surface area contributed by atoms with E-state index in [2.05, 4.69) is 15.0 Å². The Hall–Kier alpha value is -1.64. The first-order chi connectivity index (χ1) is 9.83. The zero-order valence-electron chi connectivity index (χ0n) is 12.4. The fourth-order valence-electron chi connectivity index (χ4n) is 1.97. The molecular weight excluding hydrogens is 294 g/mol. The second kappa shape index (κ2) is 6.00. The van der Waals surface area contributed by atoms with Crippen LogP contribution in [0.4, 0.5) is 0 Å². The molecule has 1 atom stereocenters. The van der Waals surface area contributed by atoms with Crippen molar-refractivity contribution in [2.24, 2.45) is 0 Å². The summed E-state index contributed by atoms with van der Waals surface area (Å²) >= 11 is 0. The van der Waals surface area contributed by atoms with Crippen LogP contribution in [0.1, 0.15) is 36.1 Å². The van der Waals surface area contributed by atoms with Gasteiger partial charge in [-0.3, -0.25) is 0 Å². The van der Waals surface area contributed by atoms with E-state index in [1.54, 1.807) is 34.0 Å². The number of sulfonamides is 1. The highest BCUT2D eigenvalue weighted by Crippen LogP contribution is 2.22. The summed E-state index contributed by atoms with van der Waals surface area (Å²) in [5.74, 6) is 1.87. The Morgan fingerprint density at radius 2 is 2.05 bits per heavy atom. The van der Waals surface area contributed by atoms with Crippen molar-refractivity contribution < 1.29 is 17.3 Å². The highest BCUT2D eigenvalue weighted by Gasteiger charge is 2.25. The van der Waals surface area contributed by atoms with E-state index < -0.39 is 16.1 Å². The fourth-order valence-corrected chi connectivity index (χ4v) is 3.37. The van der Waals surface area contributed by atoms with Crippen LogP contribution in [-0.4, -0.2) is 20.4 Å². The summed E-state index contributed by atoms with van der Waals surface area (Å²) in [6, 6.07) is 0.951. The van der Waals surface area contributed by atoms with Gasteiger partial charge >= 0.3 is 0 Å². The van der Waals surface area contributed by atoms with Crippen LogP contribution in [0.25, 0.3) is 0 Å². The molecule has 0 bridgehead atoms.